The van der Waals surface area contributed by atoms with Crippen molar-refractivity contribution in [2.75, 3.05) is 39.9 Å². The van der Waals surface area contributed by atoms with Crippen LogP contribution in [0.15, 0.2) is 41.6 Å². The van der Waals surface area contributed by atoms with E-state index in [1.807, 2.05) is 24.3 Å². The molecule has 1 atom stereocenters. The fourth-order valence-corrected chi connectivity index (χ4v) is 4.72. The molecule has 210 valence electrons. The van der Waals surface area contributed by atoms with Gasteiger partial charge in [-0.2, -0.15) is 10.1 Å². The Bertz CT molecular complexity index is 1460. The fourth-order valence-electron chi connectivity index (χ4n) is 4.72. The van der Waals surface area contributed by atoms with Crippen molar-refractivity contribution in [3.05, 3.63) is 64.4 Å². The van der Waals surface area contributed by atoms with Gasteiger partial charge in [-0.25, -0.2) is 9.99 Å². The van der Waals surface area contributed by atoms with Gasteiger partial charge >= 0.3 is 0 Å². The van der Waals surface area contributed by atoms with Gasteiger partial charge in [0.2, 0.25) is 5.95 Å². The van der Waals surface area contributed by atoms with Crippen molar-refractivity contribution in [3.8, 4) is 23.0 Å². The summed E-state index contributed by atoms with van der Waals surface area (Å²) < 4.78 is 22.1. The van der Waals surface area contributed by atoms with Crippen LogP contribution in [0, 0.1) is 0 Å². The van der Waals surface area contributed by atoms with Crippen molar-refractivity contribution in [2.45, 2.75) is 32.2 Å². The molecule has 40 heavy (non-hydrogen) atoms. The predicted octanol–water partition coefficient (Wildman–Crippen LogP) is 4.00. The molecular formula is C29H34N6O5. The molecule has 0 saturated carbocycles. The van der Waals surface area contributed by atoms with Gasteiger partial charge in [-0.1, -0.05) is 13.3 Å². The molecule has 11 nitrogen and oxygen atoms in total. The van der Waals surface area contributed by atoms with E-state index in [2.05, 4.69) is 22.0 Å². The van der Waals surface area contributed by atoms with Gasteiger partial charge in [0, 0.05) is 35.4 Å². The quantitative estimate of drug-likeness (QED) is 0.360. The van der Waals surface area contributed by atoms with Crippen LogP contribution in [0.1, 0.15) is 53.6 Å². The van der Waals surface area contributed by atoms with Crippen molar-refractivity contribution in [1.29, 1.82) is 0 Å². The van der Waals surface area contributed by atoms with Crippen LogP contribution in [0.4, 0.5) is 11.8 Å². The lowest BCUT2D eigenvalue weighted by Gasteiger charge is -2.31. The summed E-state index contributed by atoms with van der Waals surface area (Å²) in [5.41, 5.74) is 15.7. The number of carbonyl (C=O) groups is 1. The van der Waals surface area contributed by atoms with E-state index in [0.29, 0.717) is 46.4 Å². The molecule has 1 aromatic heterocycles. The topological polar surface area (TPSA) is 147 Å². The smallest absolute Gasteiger partial charge is 0.267 e. The molecule has 3 aromatic rings. The third-order valence-electron chi connectivity index (χ3n) is 6.64. The van der Waals surface area contributed by atoms with Gasteiger partial charge in [0.15, 0.2) is 23.0 Å². The number of fused-ring (bicyclic) bond motifs is 1. The minimum absolute atomic E-state index is 0.109. The highest BCUT2D eigenvalue weighted by Crippen LogP contribution is 2.39. The van der Waals surface area contributed by atoms with Crippen LogP contribution in [0.5, 0.6) is 23.0 Å². The van der Waals surface area contributed by atoms with Crippen LogP contribution < -0.4 is 30.4 Å². The summed E-state index contributed by atoms with van der Waals surface area (Å²) in [5, 5.41) is 5.99. The highest BCUT2D eigenvalue weighted by molar-refractivity contribution is 5.95. The zero-order valence-electron chi connectivity index (χ0n) is 23.3. The summed E-state index contributed by atoms with van der Waals surface area (Å²) in [6.07, 6.45) is 8.44. The lowest BCUT2D eigenvalue weighted by Crippen LogP contribution is -2.32. The largest absolute Gasteiger partial charge is 0.493 e. The minimum Gasteiger partial charge on any atom is -0.493 e. The van der Waals surface area contributed by atoms with Crippen LogP contribution in [0.25, 0.3) is 6.08 Å². The van der Waals surface area contributed by atoms with E-state index < -0.39 is 0 Å². The van der Waals surface area contributed by atoms with Crippen LogP contribution in [0.2, 0.25) is 0 Å². The first kappa shape index (κ1) is 28.2. The maximum Gasteiger partial charge on any atom is 0.267 e. The lowest BCUT2D eigenvalue weighted by molar-refractivity contribution is -0.128. The molecule has 11 heteroatoms. The van der Waals surface area contributed by atoms with E-state index >= 15 is 0 Å². The second kappa shape index (κ2) is 12.4. The molecular weight excluding hydrogens is 512 g/mol. The first-order chi connectivity index (χ1) is 19.3. The molecule has 0 saturated heterocycles. The lowest BCUT2D eigenvalue weighted by atomic mass is 9.94. The highest BCUT2D eigenvalue weighted by atomic mass is 16.5. The van der Waals surface area contributed by atoms with Gasteiger partial charge in [0.25, 0.3) is 5.91 Å². The zero-order chi connectivity index (χ0) is 28.8. The average Bonchev–Trinajstić information content (AvgIpc) is 2.96. The van der Waals surface area contributed by atoms with Crippen LogP contribution in [-0.2, 0) is 11.2 Å². The number of hydrazone groups is 1. The Hall–Kier alpha value is -4.80. The number of carbonyl (C=O) groups excluding carboxylic acids is 1. The van der Waals surface area contributed by atoms with E-state index in [1.54, 1.807) is 46.9 Å². The summed E-state index contributed by atoms with van der Waals surface area (Å²) in [6.45, 7) is 2.07. The third kappa shape index (κ3) is 5.78. The summed E-state index contributed by atoms with van der Waals surface area (Å²) in [7, 11) is 6.28. The molecule has 0 bridgehead atoms. The Morgan fingerprint density at radius 1 is 1.00 bits per heavy atom. The first-order valence-electron chi connectivity index (χ1n) is 12.8. The van der Waals surface area contributed by atoms with Crippen molar-refractivity contribution in [3.63, 3.8) is 0 Å². The normalized spacial score (nSPS) is 14.2. The highest BCUT2D eigenvalue weighted by Gasteiger charge is 2.29. The molecule has 4 N–H and O–H groups in total. The molecule has 0 aliphatic carbocycles. The van der Waals surface area contributed by atoms with Gasteiger partial charge < -0.3 is 30.4 Å². The number of nitrogen functional groups attached to an aromatic ring is 2. The second-order valence-electron chi connectivity index (χ2n) is 9.14. The van der Waals surface area contributed by atoms with Gasteiger partial charge in [-0.3, -0.25) is 4.79 Å². The van der Waals surface area contributed by atoms with Crippen molar-refractivity contribution < 1.29 is 23.7 Å². The van der Waals surface area contributed by atoms with E-state index in [9.17, 15) is 4.79 Å². The first-order valence-corrected chi connectivity index (χ1v) is 12.8. The Morgan fingerprint density at radius 2 is 1.73 bits per heavy atom. The number of anilines is 2. The number of nitrogens with zero attached hydrogens (tertiary/aromatic N) is 4. The number of nitrogens with two attached hydrogens (primary N) is 2. The number of rotatable bonds is 10. The summed E-state index contributed by atoms with van der Waals surface area (Å²) in [6, 6.07) is 7.26. The fraction of sp³-hybridized carbons (Fsp3) is 0.310. The standard InChI is InChI=1S/C29H34N6O5/c1-6-7-22-21-14-24(38-3)23(37-2)13-19(21)16-33-35(22)26(36)9-8-18-10-17(12-25(39-4)27(18)40-5)11-20-15-32-29(31)34-28(20)30/h8-10,12-16,22H,6-7,11H2,1-5H3,(H4,30,31,32,34)/b9-8+. The Kier molecular flexibility index (Phi) is 8.73. The number of ether oxygens (including phenoxy) is 4. The van der Waals surface area contributed by atoms with E-state index in [0.717, 1.165) is 29.5 Å². The van der Waals surface area contributed by atoms with Gasteiger partial charge in [0.1, 0.15) is 5.82 Å². The predicted molar refractivity (Wildman–Crippen MR) is 154 cm³/mol. The molecule has 0 fully saturated rings. The van der Waals surface area contributed by atoms with E-state index in [4.69, 9.17) is 30.4 Å². The summed E-state index contributed by atoms with van der Waals surface area (Å²) in [5.74, 6) is 2.34. The second-order valence-corrected chi connectivity index (χ2v) is 9.14. The Balaban J connectivity index is 1.66. The number of hydrogen-bond acceptors (Lipinski definition) is 10. The van der Waals surface area contributed by atoms with Crippen LogP contribution in [0.3, 0.4) is 0 Å². The molecule has 1 unspecified atom stereocenters. The third-order valence-corrected chi connectivity index (χ3v) is 6.64. The van der Waals surface area contributed by atoms with Gasteiger partial charge in [0.05, 0.1) is 40.7 Å². The number of aromatic nitrogens is 2. The molecule has 4 rings (SSSR count). The maximum absolute atomic E-state index is 13.5. The van der Waals surface area contributed by atoms with Gasteiger partial charge in [-0.15, -0.1) is 0 Å². The van der Waals surface area contributed by atoms with E-state index in [-0.39, 0.29) is 17.9 Å². The SMILES string of the molecule is CCCC1c2cc(OC)c(OC)cc2C=NN1C(=O)/C=C/c1cc(Cc2cnc(N)nc2N)cc(OC)c1OC. The molecule has 0 spiro atoms. The van der Waals surface area contributed by atoms with Crippen molar-refractivity contribution in [1.82, 2.24) is 15.0 Å². The van der Waals surface area contributed by atoms with Crippen molar-refractivity contribution >= 4 is 30.0 Å². The average molecular weight is 547 g/mol. The maximum atomic E-state index is 13.5. The number of benzene rings is 2. The Morgan fingerprint density at radius 3 is 2.38 bits per heavy atom. The number of amides is 1. The molecule has 2 aromatic carbocycles. The molecule has 1 aliphatic heterocycles. The number of hydrogen-bond donors (Lipinski definition) is 2. The molecule has 1 aliphatic rings. The molecule has 1 amide bonds. The van der Waals surface area contributed by atoms with Crippen LogP contribution in [-0.4, -0.2) is 55.5 Å². The van der Waals surface area contributed by atoms with E-state index in [1.165, 1.54) is 11.1 Å². The summed E-state index contributed by atoms with van der Waals surface area (Å²) >= 11 is 0. The minimum atomic E-state index is -0.280. The van der Waals surface area contributed by atoms with Crippen molar-refractivity contribution in [2.24, 2.45) is 5.10 Å². The number of methoxy groups -OCH3 is 4. The Labute approximate surface area is 233 Å². The summed E-state index contributed by atoms with van der Waals surface area (Å²) in [4.78, 5) is 21.6. The monoisotopic (exact) mass is 546 g/mol. The molecule has 2 heterocycles. The zero-order valence-corrected chi connectivity index (χ0v) is 23.3. The van der Waals surface area contributed by atoms with Gasteiger partial charge in [-0.05, 0) is 47.9 Å². The van der Waals surface area contributed by atoms with Crippen LogP contribution >= 0.6 is 0 Å². The molecule has 0 radical (unpaired) electrons.